The number of hydrogen-bond donors (Lipinski definition) is 2. The van der Waals surface area contributed by atoms with E-state index in [9.17, 15) is 8.42 Å². The Hall–Kier alpha value is -1.57. The number of aromatic nitrogens is 2. The molecule has 0 aliphatic carbocycles. The van der Waals surface area contributed by atoms with Crippen LogP contribution in [0, 0.1) is 0 Å². The molecule has 0 amide bonds. The van der Waals surface area contributed by atoms with Crippen LogP contribution in [0.1, 0.15) is 13.8 Å². The van der Waals surface area contributed by atoms with E-state index in [2.05, 4.69) is 15.3 Å². The van der Waals surface area contributed by atoms with Crippen LogP contribution in [0.2, 0.25) is 0 Å². The molecule has 18 heavy (non-hydrogen) atoms. The number of anilines is 2. The second-order valence-corrected chi connectivity index (χ2v) is 6.01. The Balaban J connectivity index is 2.65. The third kappa shape index (κ3) is 4.02. The topological polar surface area (TPSA) is 107 Å². The van der Waals surface area contributed by atoms with Crippen molar-refractivity contribution in [3.63, 3.8) is 0 Å². The normalized spacial score (nSPS) is 11.2. The average molecular weight is 274 g/mol. The van der Waals surface area contributed by atoms with Gasteiger partial charge in [0.2, 0.25) is 5.88 Å². The Kier molecular flexibility index (Phi) is 5.14. The maximum Gasteiger partial charge on any atom is 0.242 e. The number of nitrogen functional groups attached to an aromatic ring is 1. The van der Waals surface area contributed by atoms with Gasteiger partial charge < -0.3 is 15.8 Å². The summed E-state index contributed by atoms with van der Waals surface area (Å²) in [4.78, 5) is 7.83. The molecule has 1 aromatic rings. The first kappa shape index (κ1) is 14.5. The average Bonchev–Trinajstić information content (AvgIpc) is 2.34. The minimum atomic E-state index is -3.00. The highest BCUT2D eigenvalue weighted by Gasteiger charge is 2.10. The molecule has 0 radical (unpaired) electrons. The number of nitrogens with one attached hydrogen (secondary N) is 1. The van der Waals surface area contributed by atoms with E-state index in [1.807, 2.05) is 6.92 Å². The van der Waals surface area contributed by atoms with Crippen LogP contribution in [0.15, 0.2) is 6.33 Å². The van der Waals surface area contributed by atoms with E-state index in [-0.39, 0.29) is 23.7 Å². The van der Waals surface area contributed by atoms with E-state index in [1.54, 1.807) is 6.92 Å². The zero-order valence-electron chi connectivity index (χ0n) is 10.5. The monoisotopic (exact) mass is 274 g/mol. The van der Waals surface area contributed by atoms with Gasteiger partial charge in [0.05, 0.1) is 12.4 Å². The molecule has 102 valence electrons. The van der Waals surface area contributed by atoms with Gasteiger partial charge in [-0.2, -0.15) is 4.98 Å². The summed E-state index contributed by atoms with van der Waals surface area (Å²) >= 11 is 0. The molecular formula is C10H18N4O3S. The van der Waals surface area contributed by atoms with Gasteiger partial charge in [-0.25, -0.2) is 13.4 Å². The lowest BCUT2D eigenvalue weighted by atomic mass is 10.4. The summed E-state index contributed by atoms with van der Waals surface area (Å²) in [6, 6.07) is 0. The fourth-order valence-electron chi connectivity index (χ4n) is 1.24. The Morgan fingerprint density at radius 3 is 2.72 bits per heavy atom. The molecule has 0 saturated heterocycles. The SMILES string of the molecule is CCOc1ncnc(NCCS(=O)(=O)CC)c1N. The number of nitrogens with two attached hydrogens (primary N) is 1. The minimum absolute atomic E-state index is 0.0386. The number of sulfone groups is 1. The van der Waals surface area contributed by atoms with Crippen molar-refractivity contribution < 1.29 is 13.2 Å². The van der Waals surface area contributed by atoms with Crippen molar-refractivity contribution in [2.24, 2.45) is 0 Å². The Morgan fingerprint density at radius 1 is 1.39 bits per heavy atom. The highest BCUT2D eigenvalue weighted by atomic mass is 32.2. The summed E-state index contributed by atoms with van der Waals surface area (Å²) in [6.07, 6.45) is 1.32. The van der Waals surface area contributed by atoms with Crippen molar-refractivity contribution in [2.75, 3.05) is 35.7 Å². The quantitative estimate of drug-likeness (QED) is 0.736. The van der Waals surface area contributed by atoms with Crippen LogP contribution in [0.3, 0.4) is 0 Å². The van der Waals surface area contributed by atoms with Gasteiger partial charge >= 0.3 is 0 Å². The largest absolute Gasteiger partial charge is 0.476 e. The van der Waals surface area contributed by atoms with E-state index in [1.165, 1.54) is 6.33 Å². The molecular weight excluding hydrogens is 256 g/mol. The first-order chi connectivity index (χ1) is 8.50. The summed E-state index contributed by atoms with van der Waals surface area (Å²) in [5, 5.41) is 2.87. The molecule has 3 N–H and O–H groups in total. The lowest BCUT2D eigenvalue weighted by Crippen LogP contribution is -2.18. The van der Waals surface area contributed by atoms with Gasteiger partial charge in [0.1, 0.15) is 12.0 Å². The first-order valence-corrected chi connectivity index (χ1v) is 7.49. The molecule has 7 nitrogen and oxygen atoms in total. The van der Waals surface area contributed by atoms with E-state index in [0.717, 1.165) is 0 Å². The van der Waals surface area contributed by atoms with Crippen LogP contribution in [0.4, 0.5) is 11.5 Å². The number of rotatable bonds is 7. The molecule has 0 saturated carbocycles. The summed E-state index contributed by atoms with van der Waals surface area (Å²) in [5.41, 5.74) is 6.08. The van der Waals surface area contributed by atoms with Gasteiger partial charge in [-0.15, -0.1) is 0 Å². The van der Waals surface area contributed by atoms with E-state index >= 15 is 0 Å². The molecule has 1 heterocycles. The molecule has 0 aliphatic heterocycles. The highest BCUT2D eigenvalue weighted by molar-refractivity contribution is 7.91. The number of nitrogens with zero attached hydrogens (tertiary/aromatic N) is 2. The number of ether oxygens (including phenoxy) is 1. The van der Waals surface area contributed by atoms with Crippen molar-refractivity contribution >= 4 is 21.3 Å². The van der Waals surface area contributed by atoms with Gasteiger partial charge in [-0.05, 0) is 6.92 Å². The minimum Gasteiger partial charge on any atom is -0.476 e. The second kappa shape index (κ2) is 6.39. The molecule has 1 rings (SSSR count). The molecule has 0 spiro atoms. The molecule has 0 bridgehead atoms. The van der Waals surface area contributed by atoms with Crippen LogP contribution >= 0.6 is 0 Å². The molecule has 0 atom stereocenters. The summed E-state index contributed by atoms with van der Waals surface area (Å²) in [7, 11) is -3.00. The maximum atomic E-state index is 11.3. The fourth-order valence-corrected chi connectivity index (χ4v) is 1.94. The van der Waals surface area contributed by atoms with Crippen molar-refractivity contribution in [3.05, 3.63) is 6.33 Å². The van der Waals surface area contributed by atoms with E-state index < -0.39 is 9.84 Å². The fraction of sp³-hybridized carbons (Fsp3) is 0.600. The van der Waals surface area contributed by atoms with Gasteiger partial charge in [-0.1, -0.05) is 6.92 Å². The van der Waals surface area contributed by atoms with Gasteiger partial charge in [0, 0.05) is 12.3 Å². The third-order valence-electron chi connectivity index (χ3n) is 2.27. The molecule has 0 fully saturated rings. The molecule has 0 aliphatic rings. The van der Waals surface area contributed by atoms with Crippen LogP contribution < -0.4 is 15.8 Å². The zero-order valence-corrected chi connectivity index (χ0v) is 11.3. The second-order valence-electron chi connectivity index (χ2n) is 3.54. The molecule has 1 aromatic heterocycles. The first-order valence-electron chi connectivity index (χ1n) is 5.67. The highest BCUT2D eigenvalue weighted by Crippen LogP contribution is 2.24. The van der Waals surface area contributed by atoms with Gasteiger partial charge in [0.15, 0.2) is 15.7 Å². The van der Waals surface area contributed by atoms with Crippen molar-refractivity contribution in [1.82, 2.24) is 9.97 Å². The van der Waals surface area contributed by atoms with E-state index in [0.29, 0.717) is 18.3 Å². The Bertz CT molecular complexity index is 490. The summed E-state index contributed by atoms with van der Waals surface area (Å²) in [6.45, 7) is 4.14. The number of hydrogen-bond acceptors (Lipinski definition) is 7. The third-order valence-corrected chi connectivity index (χ3v) is 3.98. The Morgan fingerprint density at radius 2 is 2.11 bits per heavy atom. The van der Waals surface area contributed by atoms with Crippen LogP contribution in [0.25, 0.3) is 0 Å². The van der Waals surface area contributed by atoms with Gasteiger partial charge in [-0.3, -0.25) is 0 Å². The predicted molar refractivity (Wildman–Crippen MR) is 70.4 cm³/mol. The van der Waals surface area contributed by atoms with Crippen LogP contribution in [-0.4, -0.2) is 43.0 Å². The van der Waals surface area contributed by atoms with Crippen LogP contribution in [-0.2, 0) is 9.84 Å². The zero-order chi connectivity index (χ0) is 13.6. The summed E-state index contributed by atoms with van der Waals surface area (Å²) in [5.74, 6) is 0.850. The molecule has 0 unspecified atom stereocenters. The van der Waals surface area contributed by atoms with Crippen molar-refractivity contribution in [3.8, 4) is 5.88 Å². The van der Waals surface area contributed by atoms with Crippen molar-refractivity contribution in [1.29, 1.82) is 0 Å². The van der Waals surface area contributed by atoms with Gasteiger partial charge in [0.25, 0.3) is 0 Å². The maximum absolute atomic E-state index is 11.3. The standard InChI is InChI=1S/C10H18N4O3S/c1-3-17-10-8(11)9(13-7-14-10)12-5-6-18(15,16)4-2/h7H,3-6,11H2,1-2H3,(H,12,13,14). The smallest absolute Gasteiger partial charge is 0.242 e. The van der Waals surface area contributed by atoms with E-state index in [4.69, 9.17) is 10.5 Å². The lowest BCUT2D eigenvalue weighted by Gasteiger charge is -2.10. The van der Waals surface area contributed by atoms with Crippen LogP contribution in [0.5, 0.6) is 5.88 Å². The predicted octanol–water partition coefficient (Wildman–Crippen LogP) is 0.304. The van der Waals surface area contributed by atoms with Crippen molar-refractivity contribution in [2.45, 2.75) is 13.8 Å². The Labute approximate surface area is 107 Å². The summed E-state index contributed by atoms with van der Waals surface area (Å²) < 4.78 is 27.8. The lowest BCUT2D eigenvalue weighted by molar-refractivity contribution is 0.328. The molecule has 0 aromatic carbocycles. The molecule has 8 heteroatoms.